The van der Waals surface area contributed by atoms with Gasteiger partial charge in [0, 0.05) is 23.6 Å². The Kier molecular flexibility index (Phi) is 6.39. The lowest BCUT2D eigenvalue weighted by Crippen LogP contribution is -2.37. The van der Waals surface area contributed by atoms with Crippen molar-refractivity contribution in [3.63, 3.8) is 0 Å². The average Bonchev–Trinajstić information content (AvgIpc) is 3.44. The second kappa shape index (κ2) is 9.40. The van der Waals surface area contributed by atoms with Gasteiger partial charge in [0.25, 0.3) is 11.6 Å². The Bertz CT molecular complexity index is 1090. The van der Waals surface area contributed by atoms with E-state index in [0.29, 0.717) is 11.3 Å². The van der Waals surface area contributed by atoms with Gasteiger partial charge in [0.2, 0.25) is 0 Å². The van der Waals surface area contributed by atoms with E-state index in [2.05, 4.69) is 5.32 Å². The monoisotopic (exact) mass is 452 g/mol. The number of esters is 1. The molecule has 9 heteroatoms. The number of anilines is 1. The third-order valence-electron chi connectivity index (χ3n) is 6.57. The summed E-state index contributed by atoms with van der Waals surface area (Å²) in [5, 5.41) is 13.6. The normalized spacial score (nSPS) is 23.1. The van der Waals surface area contributed by atoms with Crippen molar-refractivity contribution in [1.29, 1.82) is 0 Å². The summed E-state index contributed by atoms with van der Waals surface area (Å²) in [5.41, 5.74) is 0.200. The van der Waals surface area contributed by atoms with Crippen LogP contribution in [0.25, 0.3) is 0 Å². The van der Waals surface area contributed by atoms with Crippen molar-refractivity contribution < 1.29 is 28.8 Å². The largest absolute Gasteiger partial charge is 0.497 e. The van der Waals surface area contributed by atoms with E-state index in [1.165, 1.54) is 25.3 Å². The molecular weight excluding hydrogens is 428 g/mol. The summed E-state index contributed by atoms with van der Waals surface area (Å²) in [6, 6.07) is 12.8. The molecule has 0 heterocycles. The van der Waals surface area contributed by atoms with Crippen LogP contribution in [0.15, 0.2) is 48.5 Å². The number of ether oxygens (including phenoxy) is 2. The first-order chi connectivity index (χ1) is 15.9. The minimum atomic E-state index is -0.714. The number of nitrogens with one attached hydrogen (secondary N) is 1. The van der Waals surface area contributed by atoms with Crippen molar-refractivity contribution in [2.24, 2.45) is 23.7 Å². The number of nitrogens with zero attached hydrogens (tertiary/aromatic N) is 1. The third-order valence-corrected chi connectivity index (χ3v) is 6.57. The van der Waals surface area contributed by atoms with Crippen molar-refractivity contribution in [2.45, 2.75) is 19.3 Å². The fourth-order valence-corrected chi connectivity index (χ4v) is 5.12. The lowest BCUT2D eigenvalue weighted by molar-refractivity contribution is -0.383. The smallest absolute Gasteiger partial charge is 0.310 e. The average molecular weight is 452 g/mol. The van der Waals surface area contributed by atoms with Crippen LogP contribution in [-0.4, -0.2) is 36.3 Å². The molecule has 1 amide bonds. The first kappa shape index (κ1) is 22.4. The van der Waals surface area contributed by atoms with Gasteiger partial charge in [-0.15, -0.1) is 0 Å². The summed E-state index contributed by atoms with van der Waals surface area (Å²) in [4.78, 5) is 49.0. The standard InChI is InChI=1S/C24H24N2O7/c1-32-17-9-10-19(26(30)31)18(12-17)25-20(27)13-33-24(29)22-16-8-7-15(11-16)21(22)23(28)14-5-3-2-4-6-14/h2-6,9-10,12,15-16,21-22H,7-8,11,13H2,1H3,(H,25,27)/t15-,16-,21+,22+/m0/s1. The van der Waals surface area contributed by atoms with Crippen LogP contribution in [0.4, 0.5) is 11.4 Å². The number of hydrogen-bond acceptors (Lipinski definition) is 7. The van der Waals surface area contributed by atoms with Gasteiger partial charge in [0.05, 0.1) is 18.0 Å². The molecule has 2 aromatic carbocycles. The van der Waals surface area contributed by atoms with Gasteiger partial charge in [-0.1, -0.05) is 30.3 Å². The Morgan fingerprint density at radius 3 is 2.42 bits per heavy atom. The van der Waals surface area contributed by atoms with Crippen LogP contribution in [0, 0.1) is 33.8 Å². The molecule has 4 atom stereocenters. The fourth-order valence-electron chi connectivity index (χ4n) is 5.12. The third kappa shape index (κ3) is 4.57. The van der Waals surface area contributed by atoms with E-state index >= 15 is 0 Å². The van der Waals surface area contributed by atoms with Gasteiger partial charge >= 0.3 is 5.97 Å². The second-order valence-electron chi connectivity index (χ2n) is 8.41. The zero-order chi connectivity index (χ0) is 23.5. The maximum absolute atomic E-state index is 13.1. The number of amides is 1. The lowest BCUT2D eigenvalue weighted by Gasteiger charge is -2.28. The maximum atomic E-state index is 13.1. The SMILES string of the molecule is COc1ccc([N+](=O)[O-])c(NC(=O)COC(=O)[C@@H]2[C@H]3CC[C@@H](C3)[C@H]2C(=O)c2ccccc2)c1. The lowest BCUT2D eigenvalue weighted by atomic mass is 9.75. The van der Waals surface area contributed by atoms with Crippen molar-refractivity contribution in [1.82, 2.24) is 0 Å². The summed E-state index contributed by atoms with van der Waals surface area (Å²) in [5.74, 6) is -1.88. The van der Waals surface area contributed by atoms with Crippen LogP contribution in [0.2, 0.25) is 0 Å². The van der Waals surface area contributed by atoms with E-state index in [1.54, 1.807) is 24.3 Å². The van der Waals surface area contributed by atoms with Crippen LogP contribution in [0.5, 0.6) is 5.75 Å². The number of carbonyl (C=O) groups excluding carboxylic acids is 3. The van der Waals surface area contributed by atoms with E-state index in [1.807, 2.05) is 6.07 Å². The molecule has 0 radical (unpaired) electrons. The zero-order valence-corrected chi connectivity index (χ0v) is 18.1. The van der Waals surface area contributed by atoms with Crippen molar-refractivity contribution >= 4 is 29.0 Å². The molecule has 9 nitrogen and oxygen atoms in total. The van der Waals surface area contributed by atoms with Crippen LogP contribution >= 0.6 is 0 Å². The number of rotatable bonds is 8. The van der Waals surface area contributed by atoms with E-state index in [9.17, 15) is 24.5 Å². The number of fused-ring (bicyclic) bond motifs is 2. The Labute approximate surface area is 190 Å². The van der Waals surface area contributed by atoms with E-state index < -0.39 is 35.2 Å². The summed E-state index contributed by atoms with van der Waals surface area (Å²) in [6.45, 7) is -0.604. The fraction of sp³-hybridized carbons (Fsp3) is 0.375. The first-order valence-electron chi connectivity index (χ1n) is 10.8. The molecule has 2 saturated carbocycles. The van der Waals surface area contributed by atoms with Crippen molar-refractivity contribution in [3.05, 3.63) is 64.2 Å². The van der Waals surface area contributed by atoms with Crippen molar-refractivity contribution in [2.75, 3.05) is 19.0 Å². The van der Waals surface area contributed by atoms with Crippen LogP contribution in [-0.2, 0) is 14.3 Å². The Morgan fingerprint density at radius 2 is 1.76 bits per heavy atom. The van der Waals surface area contributed by atoms with Crippen LogP contribution < -0.4 is 10.1 Å². The number of ketones is 1. The van der Waals surface area contributed by atoms with Crippen LogP contribution in [0.1, 0.15) is 29.6 Å². The molecule has 1 N–H and O–H groups in total. The highest BCUT2D eigenvalue weighted by Gasteiger charge is 2.54. The molecule has 0 unspecified atom stereocenters. The van der Waals surface area contributed by atoms with E-state index in [-0.39, 0.29) is 29.0 Å². The number of hydrogen-bond donors (Lipinski definition) is 1. The molecule has 2 aromatic rings. The number of Topliss-reactive ketones (excluding diaryl/α,β-unsaturated/α-hetero) is 1. The highest BCUT2D eigenvalue weighted by molar-refractivity contribution is 6.01. The minimum absolute atomic E-state index is 0.0579. The van der Waals surface area contributed by atoms with Gasteiger partial charge in [-0.2, -0.15) is 0 Å². The highest BCUT2D eigenvalue weighted by atomic mass is 16.6. The molecule has 33 heavy (non-hydrogen) atoms. The Balaban J connectivity index is 1.42. The van der Waals surface area contributed by atoms with Gasteiger partial charge in [-0.25, -0.2) is 0 Å². The number of nitro groups is 1. The van der Waals surface area contributed by atoms with Crippen molar-refractivity contribution in [3.8, 4) is 5.75 Å². The molecule has 2 bridgehead atoms. The van der Waals surface area contributed by atoms with Gasteiger partial charge in [0.1, 0.15) is 11.4 Å². The topological polar surface area (TPSA) is 125 Å². The maximum Gasteiger partial charge on any atom is 0.310 e. The molecule has 0 spiro atoms. The predicted molar refractivity (Wildman–Crippen MR) is 118 cm³/mol. The molecule has 2 aliphatic carbocycles. The molecular formula is C24H24N2O7. The number of nitro benzene ring substituents is 1. The Hall–Kier alpha value is -3.75. The Morgan fingerprint density at radius 1 is 1.06 bits per heavy atom. The van der Waals surface area contributed by atoms with Gasteiger partial charge in [-0.05, 0) is 37.2 Å². The van der Waals surface area contributed by atoms with Gasteiger partial charge in [0.15, 0.2) is 12.4 Å². The number of carbonyl (C=O) groups is 3. The molecule has 0 aliphatic heterocycles. The number of methoxy groups -OCH3 is 1. The second-order valence-corrected chi connectivity index (χ2v) is 8.41. The molecule has 0 saturated heterocycles. The van der Waals surface area contributed by atoms with Gasteiger partial charge in [-0.3, -0.25) is 24.5 Å². The highest BCUT2D eigenvalue weighted by Crippen LogP contribution is 2.53. The molecule has 172 valence electrons. The molecule has 2 aliphatic rings. The zero-order valence-electron chi connectivity index (χ0n) is 18.1. The van der Waals surface area contributed by atoms with E-state index in [0.717, 1.165) is 19.3 Å². The summed E-state index contributed by atoms with van der Waals surface area (Å²) >= 11 is 0. The molecule has 0 aromatic heterocycles. The van der Waals surface area contributed by atoms with Gasteiger partial charge < -0.3 is 14.8 Å². The quantitative estimate of drug-likeness (QED) is 0.281. The first-order valence-corrected chi connectivity index (χ1v) is 10.8. The predicted octanol–water partition coefficient (Wildman–Crippen LogP) is 3.63. The van der Waals surface area contributed by atoms with Crippen LogP contribution in [0.3, 0.4) is 0 Å². The number of benzene rings is 2. The van der Waals surface area contributed by atoms with E-state index in [4.69, 9.17) is 9.47 Å². The minimum Gasteiger partial charge on any atom is -0.497 e. The summed E-state index contributed by atoms with van der Waals surface area (Å²) in [6.07, 6.45) is 2.55. The summed E-state index contributed by atoms with van der Waals surface area (Å²) < 4.78 is 10.3. The molecule has 4 rings (SSSR count). The summed E-state index contributed by atoms with van der Waals surface area (Å²) in [7, 11) is 1.40. The molecule has 2 fully saturated rings.